The maximum Gasteiger partial charge on any atom is 0.137 e. The first kappa shape index (κ1) is 9.81. The second kappa shape index (κ2) is 3.44. The SMILES string of the molecule is CCOc1ccc(C2(C)CN2)cc1Cl. The zero-order valence-electron chi connectivity index (χ0n) is 8.43. The second-order valence-electron chi connectivity index (χ2n) is 3.76. The van der Waals surface area contributed by atoms with E-state index in [-0.39, 0.29) is 5.54 Å². The number of hydrogen-bond acceptors (Lipinski definition) is 2. The van der Waals surface area contributed by atoms with E-state index >= 15 is 0 Å². The Morgan fingerprint density at radius 3 is 2.79 bits per heavy atom. The number of rotatable bonds is 3. The number of nitrogens with one attached hydrogen (secondary N) is 1. The van der Waals surface area contributed by atoms with Gasteiger partial charge < -0.3 is 10.1 Å². The molecule has 2 nitrogen and oxygen atoms in total. The highest BCUT2D eigenvalue weighted by atomic mass is 35.5. The molecule has 0 aliphatic carbocycles. The minimum absolute atomic E-state index is 0.133. The lowest BCUT2D eigenvalue weighted by molar-refractivity contribution is 0.340. The van der Waals surface area contributed by atoms with E-state index in [0.717, 1.165) is 12.3 Å². The molecule has 14 heavy (non-hydrogen) atoms. The molecule has 0 bridgehead atoms. The normalized spacial score (nSPS) is 24.8. The van der Waals surface area contributed by atoms with Gasteiger partial charge in [-0.1, -0.05) is 17.7 Å². The Morgan fingerprint density at radius 1 is 1.57 bits per heavy atom. The Bertz CT molecular complexity index is 347. The van der Waals surface area contributed by atoms with E-state index in [9.17, 15) is 0 Å². The van der Waals surface area contributed by atoms with Gasteiger partial charge in [0, 0.05) is 6.54 Å². The van der Waals surface area contributed by atoms with Gasteiger partial charge in [-0.05, 0) is 31.5 Å². The van der Waals surface area contributed by atoms with Crippen molar-refractivity contribution >= 4 is 11.6 Å². The number of halogens is 1. The van der Waals surface area contributed by atoms with Gasteiger partial charge >= 0.3 is 0 Å². The molecule has 1 atom stereocenters. The Morgan fingerprint density at radius 2 is 2.29 bits per heavy atom. The topological polar surface area (TPSA) is 31.2 Å². The molecule has 1 aliphatic rings. The molecule has 0 radical (unpaired) electrons. The van der Waals surface area contributed by atoms with Crippen LogP contribution in [-0.2, 0) is 5.54 Å². The standard InChI is InChI=1S/C11H14ClNO/c1-3-14-10-5-4-8(6-9(10)12)11(2)7-13-11/h4-6,13H,3,7H2,1-2H3. The molecule has 1 aromatic carbocycles. The van der Waals surface area contributed by atoms with Gasteiger partial charge in [0.1, 0.15) is 5.75 Å². The maximum atomic E-state index is 6.09. The van der Waals surface area contributed by atoms with Crippen LogP contribution in [0.5, 0.6) is 5.75 Å². The van der Waals surface area contributed by atoms with Crippen LogP contribution in [0.2, 0.25) is 5.02 Å². The molecule has 0 aromatic heterocycles. The lowest BCUT2D eigenvalue weighted by atomic mass is 10.0. The fourth-order valence-corrected chi connectivity index (χ4v) is 1.69. The van der Waals surface area contributed by atoms with Crippen LogP contribution in [0.25, 0.3) is 0 Å². The molecule has 1 fully saturated rings. The second-order valence-corrected chi connectivity index (χ2v) is 4.17. The third-order valence-electron chi connectivity index (χ3n) is 2.58. The molecule has 0 amide bonds. The fraction of sp³-hybridized carbons (Fsp3) is 0.455. The summed E-state index contributed by atoms with van der Waals surface area (Å²) in [4.78, 5) is 0. The zero-order valence-corrected chi connectivity index (χ0v) is 9.19. The van der Waals surface area contributed by atoms with Crippen molar-refractivity contribution in [2.75, 3.05) is 13.2 Å². The minimum atomic E-state index is 0.133. The summed E-state index contributed by atoms with van der Waals surface area (Å²) in [7, 11) is 0. The van der Waals surface area contributed by atoms with Crippen molar-refractivity contribution in [2.45, 2.75) is 19.4 Å². The molecule has 1 N–H and O–H groups in total. The number of benzene rings is 1. The predicted octanol–water partition coefficient (Wildman–Crippen LogP) is 2.56. The molecule has 2 rings (SSSR count). The maximum absolute atomic E-state index is 6.09. The summed E-state index contributed by atoms with van der Waals surface area (Å²) in [5.74, 6) is 0.766. The quantitative estimate of drug-likeness (QED) is 0.780. The molecular formula is C11H14ClNO. The van der Waals surface area contributed by atoms with Crippen molar-refractivity contribution in [2.24, 2.45) is 0 Å². The van der Waals surface area contributed by atoms with E-state index in [4.69, 9.17) is 16.3 Å². The van der Waals surface area contributed by atoms with Crippen LogP contribution in [0.4, 0.5) is 0 Å². The Hall–Kier alpha value is -0.730. The van der Waals surface area contributed by atoms with E-state index in [1.54, 1.807) is 0 Å². The van der Waals surface area contributed by atoms with Crippen LogP contribution in [0.1, 0.15) is 19.4 Å². The average molecular weight is 212 g/mol. The summed E-state index contributed by atoms with van der Waals surface area (Å²) in [6, 6.07) is 5.98. The van der Waals surface area contributed by atoms with E-state index in [1.807, 2.05) is 19.1 Å². The molecular weight excluding hydrogens is 198 g/mol. The van der Waals surface area contributed by atoms with Gasteiger partial charge in [0.2, 0.25) is 0 Å². The summed E-state index contributed by atoms with van der Waals surface area (Å²) in [5.41, 5.74) is 1.36. The van der Waals surface area contributed by atoms with Crippen LogP contribution < -0.4 is 10.1 Å². The summed E-state index contributed by atoms with van der Waals surface area (Å²) in [5, 5.41) is 4.00. The van der Waals surface area contributed by atoms with Crippen molar-refractivity contribution in [1.82, 2.24) is 5.32 Å². The van der Waals surface area contributed by atoms with Crippen molar-refractivity contribution in [1.29, 1.82) is 0 Å². The molecule has 1 saturated heterocycles. The van der Waals surface area contributed by atoms with Gasteiger partial charge in [0.15, 0.2) is 0 Å². The Balaban J connectivity index is 2.26. The number of hydrogen-bond donors (Lipinski definition) is 1. The van der Waals surface area contributed by atoms with Gasteiger partial charge in [0.05, 0.1) is 17.2 Å². The van der Waals surface area contributed by atoms with Crippen LogP contribution in [0.3, 0.4) is 0 Å². The van der Waals surface area contributed by atoms with Crippen LogP contribution in [-0.4, -0.2) is 13.2 Å². The molecule has 1 heterocycles. The van der Waals surface area contributed by atoms with Crippen LogP contribution in [0.15, 0.2) is 18.2 Å². The van der Waals surface area contributed by atoms with E-state index in [2.05, 4.69) is 18.3 Å². The summed E-state index contributed by atoms with van der Waals surface area (Å²) < 4.78 is 5.37. The van der Waals surface area contributed by atoms with E-state index < -0.39 is 0 Å². The Labute approximate surface area is 89.2 Å². The highest BCUT2D eigenvalue weighted by Gasteiger charge is 2.38. The third-order valence-corrected chi connectivity index (χ3v) is 2.87. The lowest BCUT2D eigenvalue weighted by Gasteiger charge is -2.10. The summed E-state index contributed by atoms with van der Waals surface area (Å²) >= 11 is 6.09. The Kier molecular flexibility index (Phi) is 2.41. The van der Waals surface area contributed by atoms with Crippen LogP contribution in [0, 0.1) is 0 Å². The molecule has 1 unspecified atom stereocenters. The monoisotopic (exact) mass is 211 g/mol. The van der Waals surface area contributed by atoms with Gasteiger partial charge in [-0.3, -0.25) is 0 Å². The smallest absolute Gasteiger partial charge is 0.137 e. The molecule has 1 aliphatic heterocycles. The molecule has 0 saturated carbocycles. The van der Waals surface area contributed by atoms with Crippen molar-refractivity contribution < 1.29 is 4.74 Å². The molecule has 76 valence electrons. The van der Waals surface area contributed by atoms with Crippen molar-refractivity contribution in [3.05, 3.63) is 28.8 Å². The van der Waals surface area contributed by atoms with Crippen LogP contribution >= 0.6 is 11.6 Å². The fourth-order valence-electron chi connectivity index (χ4n) is 1.45. The highest BCUT2D eigenvalue weighted by Crippen LogP contribution is 2.34. The zero-order chi connectivity index (χ0) is 10.2. The largest absolute Gasteiger partial charge is 0.492 e. The highest BCUT2D eigenvalue weighted by molar-refractivity contribution is 6.32. The predicted molar refractivity (Wildman–Crippen MR) is 58.0 cm³/mol. The van der Waals surface area contributed by atoms with Gasteiger partial charge in [-0.25, -0.2) is 0 Å². The molecule has 1 aromatic rings. The van der Waals surface area contributed by atoms with E-state index in [1.165, 1.54) is 5.56 Å². The minimum Gasteiger partial charge on any atom is -0.492 e. The van der Waals surface area contributed by atoms with Gasteiger partial charge in [0.25, 0.3) is 0 Å². The third kappa shape index (κ3) is 1.72. The lowest BCUT2D eigenvalue weighted by Crippen LogP contribution is -2.06. The van der Waals surface area contributed by atoms with E-state index in [0.29, 0.717) is 11.6 Å². The van der Waals surface area contributed by atoms with Crippen molar-refractivity contribution in [3.8, 4) is 5.75 Å². The first-order valence-corrected chi connectivity index (χ1v) is 5.21. The first-order chi connectivity index (χ1) is 6.65. The molecule has 0 spiro atoms. The first-order valence-electron chi connectivity index (χ1n) is 4.83. The van der Waals surface area contributed by atoms with Gasteiger partial charge in [-0.15, -0.1) is 0 Å². The average Bonchev–Trinajstić information content (AvgIpc) is 2.89. The van der Waals surface area contributed by atoms with Gasteiger partial charge in [-0.2, -0.15) is 0 Å². The number of ether oxygens (including phenoxy) is 1. The summed E-state index contributed by atoms with van der Waals surface area (Å²) in [6.07, 6.45) is 0. The molecule has 3 heteroatoms. The summed E-state index contributed by atoms with van der Waals surface area (Å²) in [6.45, 7) is 5.79. The van der Waals surface area contributed by atoms with Crippen molar-refractivity contribution in [3.63, 3.8) is 0 Å².